The van der Waals surface area contributed by atoms with Crippen molar-refractivity contribution in [3.8, 4) is 0 Å². The third kappa shape index (κ3) is 4.07. The van der Waals surface area contributed by atoms with Crippen molar-refractivity contribution in [3.63, 3.8) is 0 Å². The van der Waals surface area contributed by atoms with Crippen molar-refractivity contribution in [1.82, 2.24) is 15.1 Å². The summed E-state index contributed by atoms with van der Waals surface area (Å²) in [5, 5.41) is 17.5. The Morgan fingerprint density at radius 1 is 1.67 bits per heavy atom. The van der Waals surface area contributed by atoms with Crippen LogP contribution in [0, 0.1) is 10.1 Å². The summed E-state index contributed by atoms with van der Waals surface area (Å²) >= 11 is 0. The maximum Gasteiger partial charge on any atom is 0.306 e. The summed E-state index contributed by atoms with van der Waals surface area (Å²) in [4.78, 5) is 9.94. The molecule has 0 aliphatic rings. The highest BCUT2D eigenvalue weighted by Gasteiger charge is 2.07. The van der Waals surface area contributed by atoms with Gasteiger partial charge >= 0.3 is 5.69 Å². The molecule has 1 rings (SSSR count). The van der Waals surface area contributed by atoms with Gasteiger partial charge in [0.25, 0.3) is 0 Å². The van der Waals surface area contributed by atoms with E-state index in [0.717, 1.165) is 13.0 Å². The molecule has 84 valence electrons. The highest BCUT2D eigenvalue weighted by molar-refractivity contribution is 5.20. The Kier molecular flexibility index (Phi) is 4.23. The van der Waals surface area contributed by atoms with Crippen LogP contribution in [0.2, 0.25) is 0 Å². The van der Waals surface area contributed by atoms with E-state index in [2.05, 4.69) is 24.3 Å². The number of nitro groups is 1. The molecule has 0 fully saturated rings. The van der Waals surface area contributed by atoms with Crippen LogP contribution in [0.1, 0.15) is 20.3 Å². The monoisotopic (exact) mass is 212 g/mol. The first-order chi connectivity index (χ1) is 7.09. The normalized spacial score (nSPS) is 10.9. The Morgan fingerprint density at radius 2 is 2.40 bits per heavy atom. The fourth-order valence-electron chi connectivity index (χ4n) is 1.20. The maximum atomic E-state index is 10.4. The zero-order valence-corrected chi connectivity index (χ0v) is 9.01. The van der Waals surface area contributed by atoms with Crippen molar-refractivity contribution >= 4 is 5.69 Å². The Morgan fingerprint density at radius 3 is 2.93 bits per heavy atom. The number of aromatic nitrogens is 2. The standard InChI is InChI=1S/C9H16N4O2/c1-8(2)10-4-3-5-12-7-9(6-11-12)13(14)15/h6-8,10H,3-5H2,1-2H3. The van der Waals surface area contributed by atoms with Crippen molar-refractivity contribution in [2.75, 3.05) is 6.54 Å². The van der Waals surface area contributed by atoms with E-state index < -0.39 is 4.92 Å². The predicted molar refractivity (Wildman–Crippen MR) is 56.6 cm³/mol. The van der Waals surface area contributed by atoms with E-state index in [0.29, 0.717) is 12.6 Å². The van der Waals surface area contributed by atoms with E-state index in [-0.39, 0.29) is 5.69 Å². The average molecular weight is 212 g/mol. The Balaban J connectivity index is 2.29. The van der Waals surface area contributed by atoms with Gasteiger partial charge in [-0.15, -0.1) is 0 Å². The number of rotatable bonds is 6. The molecule has 1 aromatic rings. The molecular formula is C9H16N4O2. The summed E-state index contributed by atoms with van der Waals surface area (Å²) in [6, 6.07) is 0.469. The molecule has 1 aromatic heterocycles. The summed E-state index contributed by atoms with van der Waals surface area (Å²) in [5.74, 6) is 0. The third-order valence-corrected chi connectivity index (χ3v) is 1.95. The Bertz CT molecular complexity index is 322. The van der Waals surface area contributed by atoms with Gasteiger partial charge in [-0.25, -0.2) is 0 Å². The minimum atomic E-state index is -0.435. The fraction of sp³-hybridized carbons (Fsp3) is 0.667. The number of nitrogens with zero attached hydrogens (tertiary/aromatic N) is 3. The van der Waals surface area contributed by atoms with Crippen LogP contribution in [-0.4, -0.2) is 27.3 Å². The van der Waals surface area contributed by atoms with Gasteiger partial charge < -0.3 is 5.32 Å². The molecule has 0 spiro atoms. The number of hydrogen-bond donors (Lipinski definition) is 1. The molecule has 15 heavy (non-hydrogen) atoms. The molecule has 6 heteroatoms. The van der Waals surface area contributed by atoms with Gasteiger partial charge in [-0.05, 0) is 13.0 Å². The summed E-state index contributed by atoms with van der Waals surface area (Å²) in [5.41, 5.74) is 0.0480. The Hall–Kier alpha value is -1.43. The van der Waals surface area contributed by atoms with Crippen molar-refractivity contribution in [1.29, 1.82) is 0 Å². The first-order valence-electron chi connectivity index (χ1n) is 5.00. The molecular weight excluding hydrogens is 196 g/mol. The molecule has 0 atom stereocenters. The molecule has 1 heterocycles. The fourth-order valence-corrected chi connectivity index (χ4v) is 1.20. The van der Waals surface area contributed by atoms with E-state index in [4.69, 9.17) is 0 Å². The largest absolute Gasteiger partial charge is 0.314 e. The molecule has 0 saturated heterocycles. The van der Waals surface area contributed by atoms with Gasteiger partial charge in [0, 0.05) is 12.6 Å². The van der Waals surface area contributed by atoms with Crippen LogP contribution < -0.4 is 5.32 Å². The first kappa shape index (κ1) is 11.6. The van der Waals surface area contributed by atoms with Gasteiger partial charge in [0.15, 0.2) is 0 Å². The summed E-state index contributed by atoms with van der Waals surface area (Å²) < 4.78 is 1.60. The minimum Gasteiger partial charge on any atom is -0.314 e. The molecule has 0 saturated carbocycles. The van der Waals surface area contributed by atoms with E-state index in [9.17, 15) is 10.1 Å². The van der Waals surface area contributed by atoms with Gasteiger partial charge in [-0.1, -0.05) is 13.8 Å². The number of hydrogen-bond acceptors (Lipinski definition) is 4. The van der Waals surface area contributed by atoms with Crippen molar-refractivity contribution < 1.29 is 4.92 Å². The van der Waals surface area contributed by atoms with Gasteiger partial charge in [0.05, 0.1) is 4.92 Å². The summed E-state index contributed by atoms with van der Waals surface area (Å²) in [6.45, 7) is 5.76. The van der Waals surface area contributed by atoms with Gasteiger partial charge in [-0.2, -0.15) is 5.10 Å². The predicted octanol–water partition coefficient (Wildman–Crippen LogP) is 1.18. The maximum absolute atomic E-state index is 10.4. The minimum absolute atomic E-state index is 0.0480. The topological polar surface area (TPSA) is 73.0 Å². The van der Waals surface area contributed by atoms with Gasteiger partial charge in [0.2, 0.25) is 0 Å². The molecule has 0 aliphatic heterocycles. The molecule has 1 N–H and O–H groups in total. The van der Waals surface area contributed by atoms with Crippen LogP contribution in [0.3, 0.4) is 0 Å². The number of aryl methyl sites for hydroxylation is 1. The van der Waals surface area contributed by atoms with Gasteiger partial charge in [-0.3, -0.25) is 14.8 Å². The molecule has 6 nitrogen and oxygen atoms in total. The second-order valence-electron chi connectivity index (χ2n) is 3.68. The third-order valence-electron chi connectivity index (χ3n) is 1.95. The summed E-state index contributed by atoms with van der Waals surface area (Å²) in [7, 11) is 0. The lowest BCUT2D eigenvalue weighted by Gasteiger charge is -2.07. The zero-order valence-electron chi connectivity index (χ0n) is 9.01. The lowest BCUT2D eigenvalue weighted by molar-refractivity contribution is -0.385. The van der Waals surface area contributed by atoms with Gasteiger partial charge in [0.1, 0.15) is 12.4 Å². The second kappa shape index (κ2) is 5.45. The Labute approximate surface area is 88.4 Å². The molecule has 0 radical (unpaired) electrons. The van der Waals surface area contributed by atoms with Crippen LogP contribution in [0.15, 0.2) is 12.4 Å². The van der Waals surface area contributed by atoms with Crippen molar-refractivity contribution in [2.45, 2.75) is 32.9 Å². The van der Waals surface area contributed by atoms with E-state index in [1.807, 2.05) is 0 Å². The summed E-state index contributed by atoms with van der Waals surface area (Å²) in [6.07, 6.45) is 3.64. The van der Waals surface area contributed by atoms with Crippen LogP contribution in [-0.2, 0) is 6.54 Å². The molecule has 0 bridgehead atoms. The molecule has 0 aromatic carbocycles. The SMILES string of the molecule is CC(C)NCCCn1cc([N+](=O)[O-])cn1. The lowest BCUT2D eigenvalue weighted by Crippen LogP contribution is -2.24. The first-order valence-corrected chi connectivity index (χ1v) is 5.00. The van der Waals surface area contributed by atoms with Crippen molar-refractivity contribution in [3.05, 3.63) is 22.5 Å². The highest BCUT2D eigenvalue weighted by atomic mass is 16.6. The lowest BCUT2D eigenvalue weighted by atomic mass is 10.3. The van der Waals surface area contributed by atoms with Crippen LogP contribution >= 0.6 is 0 Å². The highest BCUT2D eigenvalue weighted by Crippen LogP contribution is 2.07. The van der Waals surface area contributed by atoms with E-state index in [1.54, 1.807) is 4.68 Å². The molecule has 0 unspecified atom stereocenters. The average Bonchev–Trinajstić information content (AvgIpc) is 2.60. The molecule has 0 amide bonds. The number of nitrogens with one attached hydrogen (secondary N) is 1. The van der Waals surface area contributed by atoms with Crippen LogP contribution in [0.25, 0.3) is 0 Å². The van der Waals surface area contributed by atoms with Crippen LogP contribution in [0.5, 0.6) is 0 Å². The van der Waals surface area contributed by atoms with E-state index in [1.165, 1.54) is 12.4 Å². The zero-order chi connectivity index (χ0) is 11.3. The second-order valence-corrected chi connectivity index (χ2v) is 3.68. The quantitative estimate of drug-likeness (QED) is 0.436. The van der Waals surface area contributed by atoms with Crippen LogP contribution in [0.4, 0.5) is 5.69 Å². The van der Waals surface area contributed by atoms with E-state index >= 15 is 0 Å². The molecule has 0 aliphatic carbocycles. The van der Waals surface area contributed by atoms with Crippen molar-refractivity contribution in [2.24, 2.45) is 0 Å². The smallest absolute Gasteiger partial charge is 0.306 e.